The van der Waals surface area contributed by atoms with Crippen molar-refractivity contribution in [2.45, 2.75) is 57.5 Å². The molecule has 1 atom stereocenters. The van der Waals surface area contributed by atoms with Crippen molar-refractivity contribution in [1.29, 1.82) is 5.26 Å². The average Bonchev–Trinajstić information content (AvgIpc) is 2.47. The Balaban J connectivity index is 2.28. The average molecular weight is 293 g/mol. The second kappa shape index (κ2) is 7.00. The van der Waals surface area contributed by atoms with Gasteiger partial charge in [-0.25, -0.2) is 8.78 Å². The normalized spacial score (nSPS) is 20.3. The zero-order valence-corrected chi connectivity index (χ0v) is 12.1. The van der Waals surface area contributed by atoms with Gasteiger partial charge in [0.15, 0.2) is 0 Å². The van der Waals surface area contributed by atoms with Crippen LogP contribution in [0.25, 0.3) is 0 Å². The molecule has 1 unspecified atom stereocenters. The molecule has 0 amide bonds. The van der Waals surface area contributed by atoms with E-state index in [4.69, 9.17) is 0 Å². The minimum atomic E-state index is -2.56. The molecule has 0 aromatic heterocycles. The fraction of sp³-hybridized carbons (Fsp3) is 0.588. The van der Waals surface area contributed by atoms with Gasteiger partial charge in [-0.15, -0.1) is 0 Å². The Hall–Kier alpha value is -1.47. The van der Waals surface area contributed by atoms with Crippen LogP contribution in [0.5, 0.6) is 0 Å². The van der Waals surface area contributed by atoms with E-state index in [1.54, 1.807) is 6.07 Å². The van der Waals surface area contributed by atoms with Crippen molar-refractivity contribution in [3.8, 4) is 6.07 Å². The van der Waals surface area contributed by atoms with E-state index in [1.807, 2.05) is 0 Å². The summed E-state index contributed by atoms with van der Waals surface area (Å²) in [5.74, 6) is 0. The number of hydrogen-bond acceptors (Lipinski definition) is 2. The van der Waals surface area contributed by atoms with Gasteiger partial charge in [-0.3, -0.25) is 0 Å². The highest BCUT2D eigenvalue weighted by atomic mass is 19.3. The van der Waals surface area contributed by atoms with Gasteiger partial charge in [-0.05, 0) is 24.5 Å². The van der Waals surface area contributed by atoms with Crippen LogP contribution in [0, 0.1) is 16.7 Å². The number of rotatable bonds is 3. The molecule has 1 aromatic carbocycles. The zero-order valence-electron chi connectivity index (χ0n) is 12.1. The van der Waals surface area contributed by atoms with E-state index in [0.717, 1.165) is 25.7 Å². The first kappa shape index (κ1) is 15.9. The van der Waals surface area contributed by atoms with Gasteiger partial charge in [0.2, 0.25) is 0 Å². The highest BCUT2D eigenvalue weighted by molar-refractivity contribution is 5.29. The standard InChI is InChI=1S/C17H21F2NO/c18-16(19)14-8-6-7-13(11-14)15(21)17(12-20)9-4-2-1-3-5-10-17/h6-8,11,15-16,21H,1-5,9-10H2. The first-order chi connectivity index (χ1) is 10.1. The van der Waals surface area contributed by atoms with Crippen LogP contribution in [0.15, 0.2) is 24.3 Å². The lowest BCUT2D eigenvalue weighted by atomic mass is 9.71. The van der Waals surface area contributed by atoms with E-state index in [0.29, 0.717) is 18.4 Å². The Kier molecular flexibility index (Phi) is 5.30. The van der Waals surface area contributed by atoms with Gasteiger partial charge in [0.05, 0.1) is 17.6 Å². The van der Waals surface area contributed by atoms with E-state index >= 15 is 0 Å². The van der Waals surface area contributed by atoms with Crippen molar-refractivity contribution in [3.05, 3.63) is 35.4 Å². The topological polar surface area (TPSA) is 44.0 Å². The van der Waals surface area contributed by atoms with E-state index in [-0.39, 0.29) is 5.56 Å². The Labute approximate surface area is 124 Å². The van der Waals surface area contributed by atoms with Crippen LogP contribution in [-0.4, -0.2) is 5.11 Å². The van der Waals surface area contributed by atoms with E-state index in [9.17, 15) is 19.1 Å². The number of nitrogens with zero attached hydrogens (tertiary/aromatic N) is 1. The molecule has 4 heteroatoms. The summed E-state index contributed by atoms with van der Waals surface area (Å²) < 4.78 is 25.6. The molecule has 114 valence electrons. The Morgan fingerprint density at radius 2 is 1.62 bits per heavy atom. The molecule has 0 aliphatic heterocycles. The molecule has 1 N–H and O–H groups in total. The lowest BCUT2D eigenvalue weighted by molar-refractivity contribution is 0.0431. The first-order valence-corrected chi connectivity index (χ1v) is 7.56. The summed E-state index contributed by atoms with van der Waals surface area (Å²) >= 11 is 0. The van der Waals surface area contributed by atoms with Crippen LogP contribution in [-0.2, 0) is 0 Å². The summed E-state index contributed by atoms with van der Waals surface area (Å²) in [6.07, 6.45) is 2.79. The van der Waals surface area contributed by atoms with E-state index < -0.39 is 17.9 Å². The molecular formula is C17H21F2NO. The van der Waals surface area contributed by atoms with Gasteiger partial charge in [0, 0.05) is 5.56 Å². The zero-order chi connectivity index (χ0) is 15.3. The quantitative estimate of drug-likeness (QED) is 0.860. The molecule has 1 aliphatic rings. The Morgan fingerprint density at radius 1 is 1.05 bits per heavy atom. The van der Waals surface area contributed by atoms with Crippen LogP contribution in [0.4, 0.5) is 8.78 Å². The summed E-state index contributed by atoms with van der Waals surface area (Å²) in [7, 11) is 0. The summed E-state index contributed by atoms with van der Waals surface area (Å²) in [5.41, 5.74) is -0.526. The molecule has 0 bridgehead atoms. The Bertz CT molecular complexity index is 502. The third kappa shape index (κ3) is 3.59. The number of benzene rings is 1. The molecular weight excluding hydrogens is 272 g/mol. The number of alkyl halides is 2. The van der Waals surface area contributed by atoms with Crippen LogP contribution >= 0.6 is 0 Å². The molecule has 1 fully saturated rings. The molecule has 0 saturated heterocycles. The van der Waals surface area contributed by atoms with Crippen molar-refractivity contribution < 1.29 is 13.9 Å². The lowest BCUT2D eigenvalue weighted by Crippen LogP contribution is -2.28. The maximum absolute atomic E-state index is 12.8. The number of aliphatic hydroxyl groups is 1. The summed E-state index contributed by atoms with van der Waals surface area (Å²) in [5, 5.41) is 20.3. The maximum atomic E-state index is 12.8. The van der Waals surface area contributed by atoms with Gasteiger partial charge < -0.3 is 5.11 Å². The molecule has 1 aromatic rings. The van der Waals surface area contributed by atoms with Crippen molar-refractivity contribution in [1.82, 2.24) is 0 Å². The smallest absolute Gasteiger partial charge is 0.263 e. The maximum Gasteiger partial charge on any atom is 0.263 e. The lowest BCUT2D eigenvalue weighted by Gasteiger charge is -2.33. The molecule has 2 rings (SSSR count). The van der Waals surface area contributed by atoms with Crippen molar-refractivity contribution >= 4 is 0 Å². The second-order valence-corrected chi connectivity index (χ2v) is 5.91. The molecule has 21 heavy (non-hydrogen) atoms. The minimum absolute atomic E-state index is 0.106. The SMILES string of the molecule is N#CC1(C(O)c2cccc(C(F)F)c2)CCCCCCC1. The van der Waals surface area contributed by atoms with Crippen molar-refractivity contribution in [2.75, 3.05) is 0 Å². The number of halogens is 2. The highest BCUT2D eigenvalue weighted by Gasteiger charge is 2.39. The molecule has 1 aliphatic carbocycles. The van der Waals surface area contributed by atoms with E-state index in [1.165, 1.54) is 24.6 Å². The third-order valence-corrected chi connectivity index (χ3v) is 4.47. The fourth-order valence-corrected chi connectivity index (χ4v) is 3.17. The van der Waals surface area contributed by atoms with Gasteiger partial charge in [0.25, 0.3) is 6.43 Å². The highest BCUT2D eigenvalue weighted by Crippen LogP contribution is 2.44. The Morgan fingerprint density at radius 3 is 2.19 bits per heavy atom. The van der Waals surface area contributed by atoms with Gasteiger partial charge in [-0.2, -0.15) is 5.26 Å². The fourth-order valence-electron chi connectivity index (χ4n) is 3.17. The minimum Gasteiger partial charge on any atom is -0.387 e. The monoisotopic (exact) mass is 293 g/mol. The molecule has 0 radical (unpaired) electrons. The summed E-state index contributed by atoms with van der Waals surface area (Å²) in [6, 6.07) is 8.12. The van der Waals surface area contributed by atoms with Crippen molar-refractivity contribution in [2.24, 2.45) is 5.41 Å². The predicted octanol–water partition coefficient (Wildman–Crippen LogP) is 4.91. The second-order valence-electron chi connectivity index (χ2n) is 5.91. The van der Waals surface area contributed by atoms with Crippen LogP contribution in [0.1, 0.15) is 68.6 Å². The molecule has 0 spiro atoms. The van der Waals surface area contributed by atoms with Crippen molar-refractivity contribution in [3.63, 3.8) is 0 Å². The first-order valence-electron chi connectivity index (χ1n) is 7.56. The molecule has 2 nitrogen and oxygen atoms in total. The number of aliphatic hydroxyl groups excluding tert-OH is 1. The van der Waals surface area contributed by atoms with Gasteiger partial charge in [-0.1, -0.05) is 50.3 Å². The third-order valence-electron chi connectivity index (χ3n) is 4.47. The molecule has 0 heterocycles. The summed E-state index contributed by atoms with van der Waals surface area (Å²) in [4.78, 5) is 0. The van der Waals surface area contributed by atoms with Crippen LogP contribution in [0.3, 0.4) is 0 Å². The predicted molar refractivity (Wildman–Crippen MR) is 76.7 cm³/mol. The van der Waals surface area contributed by atoms with Crippen LogP contribution < -0.4 is 0 Å². The number of hydrogen-bond donors (Lipinski definition) is 1. The number of nitriles is 1. The molecule has 1 saturated carbocycles. The van der Waals surface area contributed by atoms with E-state index in [2.05, 4.69) is 6.07 Å². The largest absolute Gasteiger partial charge is 0.387 e. The van der Waals surface area contributed by atoms with Gasteiger partial charge in [0.1, 0.15) is 0 Å². The van der Waals surface area contributed by atoms with Gasteiger partial charge >= 0.3 is 0 Å². The summed E-state index contributed by atoms with van der Waals surface area (Å²) in [6.45, 7) is 0. The van der Waals surface area contributed by atoms with Crippen LogP contribution in [0.2, 0.25) is 0 Å².